The number of carbonyl (C=O) groups is 1. The highest BCUT2D eigenvalue weighted by Gasteiger charge is 2.44. The first kappa shape index (κ1) is 34.9. The lowest BCUT2D eigenvalue weighted by molar-refractivity contribution is -0.0664. The summed E-state index contributed by atoms with van der Waals surface area (Å²) in [5.41, 5.74) is 0.814. The number of anilines is 2. The van der Waals surface area contributed by atoms with Gasteiger partial charge in [0.15, 0.2) is 0 Å². The molecule has 1 aliphatic carbocycles. The lowest BCUT2D eigenvalue weighted by atomic mass is 9.56. The first-order valence-corrected chi connectivity index (χ1v) is 16.7. The highest BCUT2D eigenvalue weighted by molar-refractivity contribution is 5.75. The number of rotatable bonds is 15. The van der Waals surface area contributed by atoms with Gasteiger partial charge in [-0.3, -0.25) is 14.8 Å². The van der Waals surface area contributed by atoms with E-state index in [4.69, 9.17) is 9.47 Å². The Labute approximate surface area is 267 Å². The maximum atomic E-state index is 13.2. The Kier molecular flexibility index (Phi) is 12.1. The molecule has 2 aromatic carbocycles. The van der Waals surface area contributed by atoms with Gasteiger partial charge >= 0.3 is 6.09 Å². The van der Waals surface area contributed by atoms with Crippen LogP contribution in [-0.4, -0.2) is 67.5 Å². The molecule has 3 atom stereocenters. The Bertz CT molecular complexity index is 1290. The Morgan fingerprint density at radius 1 is 1.09 bits per heavy atom. The molecule has 3 N–H and O–H groups in total. The van der Waals surface area contributed by atoms with Gasteiger partial charge < -0.3 is 24.8 Å². The van der Waals surface area contributed by atoms with Gasteiger partial charge in [-0.25, -0.2) is 4.79 Å². The number of benzene rings is 1. The van der Waals surface area contributed by atoms with Crippen molar-refractivity contribution in [1.82, 2.24) is 5.06 Å². The molecule has 10 heteroatoms. The summed E-state index contributed by atoms with van der Waals surface area (Å²) in [7, 11) is 1.68. The van der Waals surface area contributed by atoms with Crippen LogP contribution < -0.4 is 21.1 Å². The number of nitrogens with one attached hydrogen (secondary N) is 1. The van der Waals surface area contributed by atoms with Gasteiger partial charge in [0.2, 0.25) is 0 Å². The minimum atomic E-state index is -1.41. The molecular formula is C35H53N3O7. The molecule has 2 aromatic rings. The fourth-order valence-corrected chi connectivity index (χ4v) is 7.60. The minimum absolute atomic E-state index is 0.00843. The third kappa shape index (κ3) is 8.45. The molecule has 1 aliphatic heterocycles. The van der Waals surface area contributed by atoms with Gasteiger partial charge in [0.25, 0.3) is 10.9 Å². The second-order valence-corrected chi connectivity index (χ2v) is 14.1. The second kappa shape index (κ2) is 15.6. The molecule has 0 aromatic heterocycles. The van der Waals surface area contributed by atoms with Gasteiger partial charge in [-0.15, -0.1) is 0 Å². The van der Waals surface area contributed by atoms with E-state index in [9.17, 15) is 24.7 Å². The Morgan fingerprint density at radius 2 is 1.80 bits per heavy atom. The lowest BCUT2D eigenvalue weighted by Crippen LogP contribution is -2.49. The maximum Gasteiger partial charge on any atom is 0.431 e. The Hall–Kier alpha value is -2.95. The number of hydroxylamine groups is 2. The molecule has 1 heterocycles. The number of piperidine rings is 1. The Morgan fingerprint density at radius 3 is 2.44 bits per heavy atom. The van der Waals surface area contributed by atoms with E-state index in [-0.39, 0.29) is 35.4 Å². The van der Waals surface area contributed by atoms with Crippen molar-refractivity contribution in [2.24, 2.45) is 16.7 Å². The molecule has 1 saturated carbocycles. The van der Waals surface area contributed by atoms with Crippen molar-refractivity contribution in [3.05, 3.63) is 56.3 Å². The van der Waals surface area contributed by atoms with E-state index in [0.717, 1.165) is 56.9 Å². The summed E-state index contributed by atoms with van der Waals surface area (Å²) in [4.78, 5) is 39.7. The third-order valence-corrected chi connectivity index (χ3v) is 10.3. The average molecular weight is 628 g/mol. The van der Waals surface area contributed by atoms with Crippen LogP contribution in [0.15, 0.2) is 39.9 Å². The van der Waals surface area contributed by atoms with Crippen LogP contribution in [0.3, 0.4) is 0 Å². The predicted molar refractivity (Wildman–Crippen MR) is 176 cm³/mol. The number of methoxy groups -OCH3 is 1. The molecule has 250 valence electrons. The maximum absolute atomic E-state index is 13.2. The molecule has 0 radical (unpaired) electrons. The first-order valence-electron chi connectivity index (χ1n) is 16.7. The van der Waals surface area contributed by atoms with Crippen LogP contribution in [0.1, 0.15) is 96.6 Å². The summed E-state index contributed by atoms with van der Waals surface area (Å²) < 4.78 is 11.6. The van der Waals surface area contributed by atoms with Crippen molar-refractivity contribution in [2.75, 3.05) is 50.2 Å². The largest absolute Gasteiger partial charge is 0.463 e. The number of carboxylic acid groups (broad SMARTS) is 1. The molecule has 2 aliphatic rings. The predicted octanol–water partition coefficient (Wildman–Crippen LogP) is 6.22. The van der Waals surface area contributed by atoms with E-state index < -0.39 is 17.0 Å². The summed E-state index contributed by atoms with van der Waals surface area (Å²) >= 11 is 0. The number of ether oxygens (including phenoxy) is 2. The molecule has 10 nitrogen and oxygen atoms in total. The minimum Gasteiger partial charge on any atom is -0.463 e. The molecule has 45 heavy (non-hydrogen) atoms. The van der Waals surface area contributed by atoms with Crippen LogP contribution in [0.4, 0.5) is 16.2 Å². The van der Waals surface area contributed by atoms with Crippen molar-refractivity contribution in [1.29, 1.82) is 0 Å². The molecule has 1 amide bonds. The molecule has 0 spiro atoms. The van der Waals surface area contributed by atoms with E-state index >= 15 is 0 Å². The normalized spacial score (nSPS) is 20.1. The van der Waals surface area contributed by atoms with E-state index in [1.54, 1.807) is 7.11 Å². The van der Waals surface area contributed by atoms with Gasteiger partial charge in [0, 0.05) is 45.4 Å². The van der Waals surface area contributed by atoms with Gasteiger partial charge in [-0.2, -0.15) is 5.06 Å². The summed E-state index contributed by atoms with van der Waals surface area (Å²) in [5, 5.41) is 23.0. The second-order valence-electron chi connectivity index (χ2n) is 14.1. The summed E-state index contributed by atoms with van der Waals surface area (Å²) in [6.07, 6.45) is 7.61. The SMILES string of the molecule is COCCCOC(c1ccccc1)C1CCCN(c2c(N[C@H](CCN(O)C(=O)O)CC3(C(C)(C)C)CCCCC3)c(=O)c2=O)C1. The van der Waals surface area contributed by atoms with E-state index in [2.05, 4.69) is 38.2 Å². The first-order chi connectivity index (χ1) is 21.5. The van der Waals surface area contributed by atoms with E-state index in [0.29, 0.717) is 49.2 Å². The molecule has 1 saturated heterocycles. The monoisotopic (exact) mass is 627 g/mol. The van der Waals surface area contributed by atoms with Crippen molar-refractivity contribution in [3.8, 4) is 0 Å². The quantitative estimate of drug-likeness (QED) is 0.0912. The van der Waals surface area contributed by atoms with Crippen molar-refractivity contribution >= 4 is 17.5 Å². The van der Waals surface area contributed by atoms with Crippen LogP contribution in [-0.2, 0) is 9.47 Å². The molecular weight excluding hydrogens is 574 g/mol. The smallest absolute Gasteiger partial charge is 0.431 e. The number of hydrogen-bond donors (Lipinski definition) is 3. The number of nitrogens with zero attached hydrogens (tertiary/aromatic N) is 2. The zero-order valence-electron chi connectivity index (χ0n) is 27.6. The topological polar surface area (TPSA) is 129 Å². The van der Waals surface area contributed by atoms with E-state index in [1.165, 1.54) is 6.42 Å². The van der Waals surface area contributed by atoms with E-state index in [1.807, 2.05) is 23.1 Å². The third-order valence-electron chi connectivity index (χ3n) is 10.3. The van der Waals surface area contributed by atoms with Gasteiger partial charge in [-0.05, 0) is 61.3 Å². The molecule has 2 unspecified atom stereocenters. The van der Waals surface area contributed by atoms with Crippen molar-refractivity contribution < 1.29 is 24.6 Å². The zero-order valence-corrected chi connectivity index (χ0v) is 27.6. The van der Waals surface area contributed by atoms with Crippen molar-refractivity contribution in [2.45, 2.75) is 97.1 Å². The summed E-state index contributed by atoms with van der Waals surface area (Å²) in [5.74, 6) is 0.127. The average Bonchev–Trinajstić information content (AvgIpc) is 3.03. The van der Waals surface area contributed by atoms with Crippen LogP contribution in [0.25, 0.3) is 0 Å². The zero-order chi connectivity index (χ0) is 32.6. The Balaban J connectivity index is 1.57. The standard InChI is InChI=1S/C35H53N3O7/c1-34(2,3)35(17-9-6-10-18-35)23-27(16-20-38(43)33(41)42)36-28-29(31(40)30(28)39)37-19-11-15-26(24-37)32(45-22-12-21-44-4)25-13-7-5-8-14-25/h5,7-8,13-14,26-27,32,36,43H,6,9-12,15-24H2,1-4H3,(H,41,42)/t26?,27-,32?/m1/s1. The number of amides is 1. The number of hydrogen-bond acceptors (Lipinski definition) is 8. The highest BCUT2D eigenvalue weighted by Crippen LogP contribution is 2.53. The van der Waals surface area contributed by atoms with Crippen LogP contribution >= 0.6 is 0 Å². The van der Waals surface area contributed by atoms with Gasteiger partial charge in [0.1, 0.15) is 11.4 Å². The highest BCUT2D eigenvalue weighted by atomic mass is 16.6. The van der Waals surface area contributed by atoms with Gasteiger partial charge in [0.05, 0.1) is 12.6 Å². The van der Waals surface area contributed by atoms with Crippen molar-refractivity contribution in [3.63, 3.8) is 0 Å². The summed E-state index contributed by atoms with van der Waals surface area (Å²) in [6, 6.07) is 9.86. The van der Waals surface area contributed by atoms with Crippen LogP contribution in [0.2, 0.25) is 0 Å². The summed E-state index contributed by atoms with van der Waals surface area (Å²) in [6.45, 7) is 9.10. The fraction of sp³-hybridized carbons (Fsp3) is 0.686. The molecule has 2 fully saturated rings. The van der Waals surface area contributed by atoms with Gasteiger partial charge in [-0.1, -0.05) is 70.4 Å². The molecule has 4 rings (SSSR count). The van der Waals surface area contributed by atoms with Crippen LogP contribution in [0, 0.1) is 16.7 Å². The fourth-order valence-electron chi connectivity index (χ4n) is 7.60. The molecule has 0 bridgehead atoms. The lowest BCUT2D eigenvalue weighted by Gasteiger charge is -2.50. The van der Waals surface area contributed by atoms with Crippen LogP contribution in [0.5, 0.6) is 0 Å².